The number of nitrogens with zero attached hydrogens (tertiary/aromatic N) is 1. The van der Waals surface area contributed by atoms with Crippen molar-refractivity contribution in [1.29, 1.82) is 0 Å². The maximum atomic E-state index is 13.1. The third kappa shape index (κ3) is 4.15. The van der Waals surface area contributed by atoms with Gasteiger partial charge in [0.2, 0.25) is 0 Å². The number of fused-ring (bicyclic) bond motifs is 1. The second kappa shape index (κ2) is 9.02. The Morgan fingerprint density at radius 2 is 1.81 bits per heavy atom. The summed E-state index contributed by atoms with van der Waals surface area (Å²) in [5, 5.41) is 3.90. The van der Waals surface area contributed by atoms with Crippen molar-refractivity contribution in [2.45, 2.75) is 6.92 Å². The highest BCUT2D eigenvalue weighted by atomic mass is 32.1. The zero-order chi connectivity index (χ0) is 21.8. The maximum Gasteiger partial charge on any atom is 0.255 e. The van der Waals surface area contributed by atoms with Crippen molar-refractivity contribution in [3.05, 3.63) is 77.9 Å². The lowest BCUT2D eigenvalue weighted by Crippen LogP contribution is -2.13. The average Bonchev–Trinajstić information content (AvgIpc) is 3.23. The van der Waals surface area contributed by atoms with E-state index in [1.54, 1.807) is 37.7 Å². The van der Waals surface area contributed by atoms with Gasteiger partial charge < -0.3 is 14.8 Å². The molecule has 0 spiro atoms. The molecule has 1 N–H and O–H groups in total. The van der Waals surface area contributed by atoms with E-state index in [0.717, 1.165) is 26.4 Å². The van der Waals surface area contributed by atoms with E-state index in [4.69, 9.17) is 14.5 Å². The summed E-state index contributed by atoms with van der Waals surface area (Å²) in [6, 6.07) is 19.2. The van der Waals surface area contributed by atoms with Gasteiger partial charge in [0, 0.05) is 16.7 Å². The van der Waals surface area contributed by atoms with E-state index < -0.39 is 0 Å². The molecular weight excluding hydrogens is 408 g/mol. The van der Waals surface area contributed by atoms with Gasteiger partial charge in [-0.2, -0.15) is 0 Å². The fourth-order valence-electron chi connectivity index (χ4n) is 3.39. The molecular formula is C25H22N2O3S. The van der Waals surface area contributed by atoms with Gasteiger partial charge in [-0.1, -0.05) is 36.4 Å². The Balaban J connectivity index is 1.71. The van der Waals surface area contributed by atoms with Crippen LogP contribution in [-0.4, -0.2) is 25.1 Å². The van der Waals surface area contributed by atoms with Crippen molar-refractivity contribution in [3.8, 4) is 22.1 Å². The lowest BCUT2D eigenvalue weighted by Gasteiger charge is -2.14. The first-order chi connectivity index (χ1) is 15.1. The monoisotopic (exact) mass is 430 g/mol. The van der Waals surface area contributed by atoms with Crippen molar-refractivity contribution in [2.24, 2.45) is 0 Å². The van der Waals surface area contributed by atoms with Crippen LogP contribution in [0.4, 0.5) is 5.69 Å². The zero-order valence-electron chi connectivity index (χ0n) is 17.5. The van der Waals surface area contributed by atoms with Gasteiger partial charge in [0.25, 0.3) is 5.91 Å². The first-order valence-corrected chi connectivity index (χ1v) is 10.6. The largest absolute Gasteiger partial charge is 0.493 e. The normalized spacial score (nSPS) is 11.1. The topological polar surface area (TPSA) is 60.5 Å². The minimum Gasteiger partial charge on any atom is -0.493 e. The molecule has 5 nitrogen and oxygen atoms in total. The number of benzene rings is 3. The highest BCUT2D eigenvalue weighted by Crippen LogP contribution is 2.36. The van der Waals surface area contributed by atoms with E-state index in [-0.39, 0.29) is 5.91 Å². The smallest absolute Gasteiger partial charge is 0.255 e. The molecule has 0 aliphatic carbocycles. The summed E-state index contributed by atoms with van der Waals surface area (Å²) in [6.45, 7) is 1.91. The van der Waals surface area contributed by atoms with Crippen LogP contribution in [0, 0.1) is 0 Å². The van der Waals surface area contributed by atoms with E-state index in [9.17, 15) is 4.79 Å². The highest BCUT2D eigenvalue weighted by molar-refractivity contribution is 7.21. The summed E-state index contributed by atoms with van der Waals surface area (Å²) >= 11 is 1.60. The van der Waals surface area contributed by atoms with E-state index in [0.29, 0.717) is 22.7 Å². The molecule has 156 valence electrons. The van der Waals surface area contributed by atoms with E-state index in [2.05, 4.69) is 5.32 Å². The molecule has 0 bridgehead atoms. The second-order valence-electron chi connectivity index (χ2n) is 6.79. The lowest BCUT2D eigenvalue weighted by molar-refractivity contribution is 0.102. The molecule has 0 fully saturated rings. The summed E-state index contributed by atoms with van der Waals surface area (Å²) in [6.07, 6.45) is 3.77. The van der Waals surface area contributed by atoms with Crippen LogP contribution in [0.2, 0.25) is 0 Å². The number of anilines is 1. The van der Waals surface area contributed by atoms with Crippen molar-refractivity contribution >= 4 is 39.2 Å². The average molecular weight is 431 g/mol. The quantitative estimate of drug-likeness (QED) is 0.392. The predicted molar refractivity (Wildman–Crippen MR) is 127 cm³/mol. The Morgan fingerprint density at radius 1 is 1.03 bits per heavy atom. The molecule has 0 unspecified atom stereocenters. The molecule has 0 aliphatic heterocycles. The van der Waals surface area contributed by atoms with Crippen LogP contribution >= 0.6 is 11.3 Å². The molecule has 0 atom stereocenters. The van der Waals surface area contributed by atoms with Gasteiger partial charge >= 0.3 is 0 Å². The number of ether oxygens (including phenoxy) is 2. The third-order valence-electron chi connectivity index (χ3n) is 4.82. The molecule has 31 heavy (non-hydrogen) atoms. The highest BCUT2D eigenvalue weighted by Gasteiger charge is 2.17. The number of carbonyl (C=O) groups is 1. The molecule has 3 aromatic carbocycles. The third-order valence-corrected chi connectivity index (χ3v) is 5.89. The van der Waals surface area contributed by atoms with E-state index in [1.807, 2.05) is 67.6 Å². The number of amides is 1. The molecule has 1 aromatic heterocycles. The Labute approximate surface area is 185 Å². The molecule has 0 aliphatic rings. The lowest BCUT2D eigenvalue weighted by atomic mass is 10.1. The minimum atomic E-state index is -0.236. The molecule has 4 aromatic rings. The van der Waals surface area contributed by atoms with Crippen LogP contribution < -0.4 is 14.8 Å². The fraction of sp³-hybridized carbons (Fsp3) is 0.120. The first kappa shape index (κ1) is 20.6. The Kier molecular flexibility index (Phi) is 6.00. The molecule has 0 saturated heterocycles. The molecule has 0 radical (unpaired) electrons. The number of nitrogens with one attached hydrogen (secondary N) is 1. The molecule has 1 heterocycles. The number of para-hydroxylation sites is 2. The number of hydrogen-bond donors (Lipinski definition) is 1. The molecule has 1 amide bonds. The van der Waals surface area contributed by atoms with Gasteiger partial charge in [0.1, 0.15) is 5.01 Å². The SMILES string of the molecule is C/C=C/c1cc(C(=O)Nc2ccccc2-c2nc3ccccc3s2)cc(OC)c1OC. The second-order valence-corrected chi connectivity index (χ2v) is 7.82. The summed E-state index contributed by atoms with van der Waals surface area (Å²) in [5.41, 5.74) is 3.78. The standard InChI is InChI=1S/C25H22N2O3S/c1-4-9-16-14-17(15-21(29-2)23(16)30-3)24(28)26-19-11-6-5-10-18(19)25-27-20-12-7-8-13-22(20)31-25/h4-15H,1-3H3,(H,26,28)/b9-4+. The van der Waals surface area contributed by atoms with Crippen LogP contribution in [0.3, 0.4) is 0 Å². The van der Waals surface area contributed by atoms with Gasteiger partial charge in [0.15, 0.2) is 11.5 Å². The number of allylic oxidation sites excluding steroid dienone is 1. The van der Waals surface area contributed by atoms with Gasteiger partial charge in [-0.15, -0.1) is 11.3 Å². The number of rotatable bonds is 6. The van der Waals surface area contributed by atoms with Gasteiger partial charge in [0.05, 0.1) is 30.1 Å². The van der Waals surface area contributed by atoms with Gasteiger partial charge in [-0.25, -0.2) is 4.98 Å². The van der Waals surface area contributed by atoms with Crippen LogP contribution in [-0.2, 0) is 0 Å². The molecule has 6 heteroatoms. The fourth-order valence-corrected chi connectivity index (χ4v) is 4.39. The van der Waals surface area contributed by atoms with E-state index >= 15 is 0 Å². The summed E-state index contributed by atoms with van der Waals surface area (Å²) in [5.74, 6) is 0.856. The number of thiazole rings is 1. The zero-order valence-corrected chi connectivity index (χ0v) is 18.3. The first-order valence-electron chi connectivity index (χ1n) is 9.79. The predicted octanol–water partition coefficient (Wildman–Crippen LogP) is 6.27. The number of aromatic nitrogens is 1. The van der Waals surface area contributed by atoms with Gasteiger partial charge in [-0.05, 0) is 43.3 Å². The summed E-state index contributed by atoms with van der Waals surface area (Å²) in [4.78, 5) is 17.9. The molecule has 4 rings (SSSR count). The Bertz CT molecular complexity index is 1240. The minimum absolute atomic E-state index is 0.236. The molecule has 0 saturated carbocycles. The van der Waals surface area contributed by atoms with Crippen molar-refractivity contribution in [1.82, 2.24) is 4.98 Å². The summed E-state index contributed by atoms with van der Waals surface area (Å²) in [7, 11) is 3.14. The van der Waals surface area contributed by atoms with Crippen LogP contribution in [0.15, 0.2) is 66.7 Å². The van der Waals surface area contributed by atoms with Crippen molar-refractivity contribution < 1.29 is 14.3 Å². The van der Waals surface area contributed by atoms with Crippen LogP contribution in [0.5, 0.6) is 11.5 Å². The van der Waals surface area contributed by atoms with Gasteiger partial charge in [-0.3, -0.25) is 4.79 Å². The van der Waals surface area contributed by atoms with Crippen molar-refractivity contribution in [2.75, 3.05) is 19.5 Å². The van der Waals surface area contributed by atoms with Crippen LogP contribution in [0.25, 0.3) is 26.9 Å². The number of carbonyl (C=O) groups excluding carboxylic acids is 1. The Hall–Kier alpha value is -3.64. The van der Waals surface area contributed by atoms with E-state index in [1.165, 1.54) is 0 Å². The van der Waals surface area contributed by atoms with Crippen LogP contribution in [0.1, 0.15) is 22.8 Å². The van der Waals surface area contributed by atoms with Crippen molar-refractivity contribution in [3.63, 3.8) is 0 Å². The number of hydrogen-bond acceptors (Lipinski definition) is 5. The number of methoxy groups -OCH3 is 2. The maximum absolute atomic E-state index is 13.1. The summed E-state index contributed by atoms with van der Waals surface area (Å²) < 4.78 is 12.0. The Morgan fingerprint density at radius 3 is 2.55 bits per heavy atom.